The van der Waals surface area contributed by atoms with Crippen molar-refractivity contribution in [1.82, 2.24) is 15.0 Å². The first-order valence-corrected chi connectivity index (χ1v) is 4.91. The second-order valence-electron chi connectivity index (χ2n) is 3.64. The van der Waals surface area contributed by atoms with Gasteiger partial charge in [0.2, 0.25) is 0 Å². The minimum atomic E-state index is 0.705. The lowest BCUT2D eigenvalue weighted by Crippen LogP contribution is -1.96. The van der Waals surface area contributed by atoms with E-state index in [0.717, 1.165) is 22.8 Å². The Morgan fingerprint density at radius 2 is 1.47 bits per heavy atom. The molecule has 0 unspecified atom stereocenters. The van der Waals surface area contributed by atoms with Crippen LogP contribution in [0.5, 0.6) is 0 Å². The maximum Gasteiger partial charge on any atom is 0.178 e. The van der Waals surface area contributed by atoms with E-state index in [1.54, 1.807) is 0 Å². The highest BCUT2D eigenvalue weighted by atomic mass is 14.9. The number of pyridine rings is 1. The largest absolute Gasteiger partial charge is 0.250 e. The molecule has 0 aliphatic rings. The maximum absolute atomic E-state index is 4.40. The van der Waals surface area contributed by atoms with Gasteiger partial charge in [-0.3, -0.25) is 0 Å². The molecule has 0 N–H and O–H groups in total. The third-order valence-corrected chi connectivity index (χ3v) is 2.10. The van der Waals surface area contributed by atoms with Crippen molar-refractivity contribution in [2.75, 3.05) is 0 Å². The number of hydrogen-bond acceptors (Lipinski definition) is 3. The van der Waals surface area contributed by atoms with E-state index in [2.05, 4.69) is 15.0 Å². The van der Waals surface area contributed by atoms with E-state index < -0.39 is 0 Å². The Kier molecular flexibility index (Phi) is 2.46. The highest BCUT2D eigenvalue weighted by molar-refractivity contribution is 5.49. The van der Waals surface area contributed by atoms with E-state index in [4.69, 9.17) is 0 Å². The SMILES string of the molecule is Cc1cccc(-c2nc(C)cc(C)n2)n1. The van der Waals surface area contributed by atoms with Crippen molar-refractivity contribution in [2.24, 2.45) is 0 Å². The van der Waals surface area contributed by atoms with Gasteiger partial charge in [-0.2, -0.15) is 0 Å². The van der Waals surface area contributed by atoms with E-state index in [1.807, 2.05) is 45.0 Å². The zero-order valence-electron chi connectivity index (χ0n) is 9.15. The second-order valence-corrected chi connectivity index (χ2v) is 3.64. The molecule has 0 aromatic carbocycles. The fourth-order valence-electron chi connectivity index (χ4n) is 1.51. The molecule has 0 amide bonds. The number of aryl methyl sites for hydroxylation is 3. The highest BCUT2D eigenvalue weighted by Crippen LogP contribution is 2.13. The summed E-state index contributed by atoms with van der Waals surface area (Å²) in [6.07, 6.45) is 0. The first kappa shape index (κ1) is 9.77. The van der Waals surface area contributed by atoms with Crippen LogP contribution < -0.4 is 0 Å². The predicted molar refractivity (Wildman–Crippen MR) is 59.5 cm³/mol. The van der Waals surface area contributed by atoms with Gasteiger partial charge in [-0.1, -0.05) is 6.07 Å². The van der Waals surface area contributed by atoms with Gasteiger partial charge in [-0.25, -0.2) is 15.0 Å². The second kappa shape index (κ2) is 3.77. The molecule has 0 aliphatic heterocycles. The normalized spacial score (nSPS) is 10.3. The molecule has 76 valence electrons. The van der Waals surface area contributed by atoms with Gasteiger partial charge in [-0.15, -0.1) is 0 Å². The van der Waals surface area contributed by atoms with Gasteiger partial charge < -0.3 is 0 Å². The zero-order chi connectivity index (χ0) is 10.8. The molecule has 3 heteroatoms. The molecule has 2 heterocycles. The number of hydrogen-bond donors (Lipinski definition) is 0. The van der Waals surface area contributed by atoms with Crippen molar-refractivity contribution in [2.45, 2.75) is 20.8 Å². The Labute approximate surface area is 89.2 Å². The Morgan fingerprint density at radius 3 is 2.07 bits per heavy atom. The monoisotopic (exact) mass is 199 g/mol. The van der Waals surface area contributed by atoms with Crippen LogP contribution in [0.2, 0.25) is 0 Å². The smallest absolute Gasteiger partial charge is 0.178 e. The van der Waals surface area contributed by atoms with Gasteiger partial charge in [0.05, 0.1) is 0 Å². The minimum Gasteiger partial charge on any atom is -0.250 e. The molecule has 3 nitrogen and oxygen atoms in total. The van der Waals surface area contributed by atoms with E-state index in [1.165, 1.54) is 0 Å². The van der Waals surface area contributed by atoms with E-state index in [0.29, 0.717) is 5.82 Å². The van der Waals surface area contributed by atoms with Crippen LogP contribution in [0.15, 0.2) is 24.3 Å². The molecule has 2 aromatic heterocycles. The molecule has 15 heavy (non-hydrogen) atoms. The summed E-state index contributed by atoms with van der Waals surface area (Å²) in [7, 11) is 0. The predicted octanol–water partition coefficient (Wildman–Crippen LogP) is 2.46. The summed E-state index contributed by atoms with van der Waals surface area (Å²) in [6, 6.07) is 7.82. The molecule has 0 saturated carbocycles. The lowest BCUT2D eigenvalue weighted by atomic mass is 10.3. The topological polar surface area (TPSA) is 38.7 Å². The fraction of sp³-hybridized carbons (Fsp3) is 0.250. The van der Waals surface area contributed by atoms with Gasteiger partial charge in [0.1, 0.15) is 5.69 Å². The summed E-state index contributed by atoms with van der Waals surface area (Å²) in [5, 5.41) is 0. The van der Waals surface area contributed by atoms with Crippen molar-refractivity contribution in [3.8, 4) is 11.5 Å². The summed E-state index contributed by atoms with van der Waals surface area (Å²) in [6.45, 7) is 5.90. The summed E-state index contributed by atoms with van der Waals surface area (Å²) in [5.74, 6) is 0.705. The molecule has 0 fully saturated rings. The van der Waals surface area contributed by atoms with Crippen LogP contribution in [0.1, 0.15) is 17.1 Å². The van der Waals surface area contributed by atoms with Crippen molar-refractivity contribution in [1.29, 1.82) is 0 Å². The van der Waals surface area contributed by atoms with Crippen LogP contribution in [0.25, 0.3) is 11.5 Å². The van der Waals surface area contributed by atoms with Gasteiger partial charge in [0.15, 0.2) is 5.82 Å². The molecule has 0 atom stereocenters. The molecule has 0 bridgehead atoms. The van der Waals surface area contributed by atoms with Crippen LogP contribution in [-0.4, -0.2) is 15.0 Å². The van der Waals surface area contributed by atoms with Gasteiger partial charge in [-0.05, 0) is 39.0 Å². The van der Waals surface area contributed by atoms with E-state index >= 15 is 0 Å². The summed E-state index contributed by atoms with van der Waals surface area (Å²) >= 11 is 0. The standard InChI is InChI=1S/C12H13N3/c1-8-5-4-6-11(13-8)12-14-9(2)7-10(3)15-12/h4-7H,1-3H3. The molecule has 0 spiro atoms. The van der Waals surface area contributed by atoms with Gasteiger partial charge in [0, 0.05) is 17.1 Å². The van der Waals surface area contributed by atoms with Crippen LogP contribution in [-0.2, 0) is 0 Å². The van der Waals surface area contributed by atoms with Crippen LogP contribution in [0.4, 0.5) is 0 Å². The Hall–Kier alpha value is -1.77. The number of aromatic nitrogens is 3. The van der Waals surface area contributed by atoms with E-state index in [-0.39, 0.29) is 0 Å². The highest BCUT2D eigenvalue weighted by Gasteiger charge is 2.04. The van der Waals surface area contributed by atoms with Crippen molar-refractivity contribution in [3.05, 3.63) is 41.3 Å². The lowest BCUT2D eigenvalue weighted by Gasteiger charge is -2.02. The molecule has 0 saturated heterocycles. The Bertz CT molecular complexity index is 472. The Morgan fingerprint density at radius 1 is 0.800 bits per heavy atom. The van der Waals surface area contributed by atoms with Gasteiger partial charge >= 0.3 is 0 Å². The first-order chi connectivity index (χ1) is 7.15. The average molecular weight is 199 g/mol. The molecule has 0 aliphatic carbocycles. The lowest BCUT2D eigenvalue weighted by molar-refractivity contribution is 1.04. The third-order valence-electron chi connectivity index (χ3n) is 2.10. The van der Waals surface area contributed by atoms with Crippen molar-refractivity contribution in [3.63, 3.8) is 0 Å². The van der Waals surface area contributed by atoms with Crippen LogP contribution >= 0.6 is 0 Å². The third kappa shape index (κ3) is 2.18. The average Bonchev–Trinajstić information content (AvgIpc) is 2.16. The van der Waals surface area contributed by atoms with Gasteiger partial charge in [0.25, 0.3) is 0 Å². The Balaban J connectivity index is 2.54. The summed E-state index contributed by atoms with van der Waals surface area (Å²) < 4.78 is 0. The molecule has 0 radical (unpaired) electrons. The van der Waals surface area contributed by atoms with Crippen LogP contribution in [0, 0.1) is 20.8 Å². The van der Waals surface area contributed by atoms with Crippen molar-refractivity contribution < 1.29 is 0 Å². The maximum atomic E-state index is 4.40. The molecular weight excluding hydrogens is 186 g/mol. The van der Waals surface area contributed by atoms with E-state index in [9.17, 15) is 0 Å². The summed E-state index contributed by atoms with van der Waals surface area (Å²) in [5.41, 5.74) is 3.76. The molecule has 2 rings (SSSR count). The summed E-state index contributed by atoms with van der Waals surface area (Å²) in [4.78, 5) is 13.1. The molecule has 2 aromatic rings. The quantitative estimate of drug-likeness (QED) is 0.708. The first-order valence-electron chi connectivity index (χ1n) is 4.91. The number of nitrogens with zero attached hydrogens (tertiary/aromatic N) is 3. The fourth-order valence-corrected chi connectivity index (χ4v) is 1.51. The number of rotatable bonds is 1. The molecular formula is C12H13N3. The minimum absolute atomic E-state index is 0.705. The zero-order valence-corrected chi connectivity index (χ0v) is 9.15. The van der Waals surface area contributed by atoms with Crippen LogP contribution in [0.3, 0.4) is 0 Å². The van der Waals surface area contributed by atoms with Crippen molar-refractivity contribution >= 4 is 0 Å².